The summed E-state index contributed by atoms with van der Waals surface area (Å²) in [5.41, 5.74) is 4.06. The smallest absolute Gasteiger partial charge is 0.338 e. The summed E-state index contributed by atoms with van der Waals surface area (Å²) < 4.78 is 14.7. The molecule has 0 saturated heterocycles. The van der Waals surface area contributed by atoms with Crippen molar-refractivity contribution in [3.8, 4) is 5.75 Å². The molecule has 4 aromatic carbocycles. The van der Waals surface area contributed by atoms with E-state index >= 15 is 0 Å². The molecule has 1 aliphatic rings. The molecule has 6 rings (SSSR count). The maximum Gasteiger partial charge on any atom is 0.338 e. The largest absolute Gasteiger partial charge is 0.489 e. The molecule has 1 aliphatic heterocycles. The standard InChI is InChI=1S/C36H29BrN2O4S2/c1-3-42-35(41)31-32(25-9-5-4-6-10-25)38-36-39(33(31)26-14-18-29(44-2)19-15-26)34(40)30(45-36)21-24-8-7-11-28(20-24)43-22-23-12-16-27(37)17-13-23/h4-21,33H,3,22H2,1-2H3/b30-21-/t33-/m1/s1. The van der Waals surface area contributed by atoms with Crippen LogP contribution in [0, 0.1) is 0 Å². The van der Waals surface area contributed by atoms with Gasteiger partial charge in [0, 0.05) is 14.9 Å². The summed E-state index contributed by atoms with van der Waals surface area (Å²) >= 11 is 6.39. The molecule has 0 unspecified atom stereocenters. The number of thioether (sulfide) groups is 1. The van der Waals surface area contributed by atoms with Crippen LogP contribution in [0.4, 0.5) is 0 Å². The van der Waals surface area contributed by atoms with E-state index in [1.165, 1.54) is 11.3 Å². The summed E-state index contributed by atoms with van der Waals surface area (Å²) in [6.45, 7) is 2.40. The number of carbonyl (C=O) groups is 1. The number of ether oxygens (including phenoxy) is 2. The lowest BCUT2D eigenvalue weighted by molar-refractivity contribution is -0.138. The molecule has 0 spiro atoms. The van der Waals surface area contributed by atoms with Crippen LogP contribution < -0.4 is 19.6 Å². The number of hydrogen-bond donors (Lipinski definition) is 0. The molecule has 0 radical (unpaired) electrons. The van der Waals surface area contributed by atoms with Gasteiger partial charge in [-0.2, -0.15) is 0 Å². The fraction of sp³-hybridized carbons (Fsp3) is 0.139. The van der Waals surface area contributed by atoms with E-state index in [1.54, 1.807) is 23.3 Å². The minimum Gasteiger partial charge on any atom is -0.489 e. The van der Waals surface area contributed by atoms with E-state index in [0.717, 1.165) is 31.6 Å². The normalized spacial score (nSPS) is 14.6. The highest BCUT2D eigenvalue weighted by atomic mass is 79.9. The Hall–Kier alpha value is -4.18. The van der Waals surface area contributed by atoms with Crippen LogP contribution in [-0.4, -0.2) is 23.4 Å². The van der Waals surface area contributed by atoms with Gasteiger partial charge < -0.3 is 9.47 Å². The predicted molar refractivity (Wildman–Crippen MR) is 184 cm³/mol. The Labute approximate surface area is 277 Å². The van der Waals surface area contributed by atoms with Crippen LogP contribution in [0.2, 0.25) is 0 Å². The van der Waals surface area contributed by atoms with Gasteiger partial charge in [-0.25, -0.2) is 9.79 Å². The van der Waals surface area contributed by atoms with Crippen molar-refractivity contribution in [1.82, 2.24) is 4.57 Å². The SMILES string of the molecule is CCOC(=O)C1=C(c2ccccc2)N=c2s/c(=C\c3cccc(OCc4ccc(Br)cc4)c3)c(=O)n2[C@@H]1c1ccc(SC)cc1. The molecule has 0 saturated carbocycles. The van der Waals surface area contributed by atoms with Crippen molar-refractivity contribution in [2.24, 2.45) is 4.99 Å². The van der Waals surface area contributed by atoms with Crippen LogP contribution in [0.1, 0.15) is 35.2 Å². The van der Waals surface area contributed by atoms with Gasteiger partial charge in [-0.1, -0.05) is 94.0 Å². The second kappa shape index (κ2) is 13.9. The number of hydrogen-bond acceptors (Lipinski definition) is 7. The van der Waals surface area contributed by atoms with Gasteiger partial charge in [0.25, 0.3) is 5.56 Å². The molecule has 0 amide bonds. The minimum absolute atomic E-state index is 0.202. The third-order valence-electron chi connectivity index (χ3n) is 7.28. The van der Waals surface area contributed by atoms with Crippen LogP contribution in [0.25, 0.3) is 11.8 Å². The molecular weight excluding hydrogens is 668 g/mol. The number of carbonyl (C=O) groups excluding carboxylic acids is 1. The number of halogens is 1. The van der Waals surface area contributed by atoms with E-state index in [4.69, 9.17) is 14.5 Å². The zero-order chi connectivity index (χ0) is 31.3. The number of rotatable bonds is 9. The number of benzene rings is 4. The Morgan fingerprint density at radius 3 is 2.47 bits per heavy atom. The first kappa shape index (κ1) is 30.8. The third kappa shape index (κ3) is 6.76. The molecule has 1 atom stereocenters. The molecule has 0 fully saturated rings. The number of thiazole rings is 1. The molecule has 45 heavy (non-hydrogen) atoms. The average Bonchev–Trinajstić information content (AvgIpc) is 3.38. The van der Waals surface area contributed by atoms with Crippen LogP contribution in [0.3, 0.4) is 0 Å². The second-order valence-electron chi connectivity index (χ2n) is 10.2. The van der Waals surface area contributed by atoms with Crippen molar-refractivity contribution in [3.05, 3.63) is 155 Å². The van der Waals surface area contributed by atoms with E-state index in [0.29, 0.717) is 33.0 Å². The average molecular weight is 698 g/mol. The number of aromatic nitrogens is 1. The van der Waals surface area contributed by atoms with Crippen molar-refractivity contribution in [1.29, 1.82) is 0 Å². The van der Waals surface area contributed by atoms with E-state index in [1.807, 2.05) is 115 Å². The Morgan fingerprint density at radius 1 is 1.00 bits per heavy atom. The molecule has 6 nitrogen and oxygen atoms in total. The molecule has 0 bridgehead atoms. The van der Waals surface area contributed by atoms with Gasteiger partial charge in [-0.3, -0.25) is 9.36 Å². The fourth-order valence-corrected chi connectivity index (χ4v) is 6.81. The van der Waals surface area contributed by atoms with E-state index in [-0.39, 0.29) is 12.2 Å². The van der Waals surface area contributed by atoms with Crippen LogP contribution in [0.5, 0.6) is 5.75 Å². The quantitative estimate of drug-likeness (QED) is 0.123. The van der Waals surface area contributed by atoms with Gasteiger partial charge in [0.1, 0.15) is 12.4 Å². The third-order valence-corrected chi connectivity index (χ3v) is 9.54. The summed E-state index contributed by atoms with van der Waals surface area (Å²) in [5.74, 6) is 0.200. The van der Waals surface area contributed by atoms with E-state index < -0.39 is 12.0 Å². The number of fused-ring (bicyclic) bond motifs is 1. The topological polar surface area (TPSA) is 69.9 Å². The van der Waals surface area contributed by atoms with Gasteiger partial charge in [-0.15, -0.1) is 11.8 Å². The molecule has 5 aromatic rings. The number of esters is 1. The lowest BCUT2D eigenvalue weighted by atomic mass is 9.93. The van der Waals surface area contributed by atoms with Crippen LogP contribution in [0.15, 0.2) is 128 Å². The van der Waals surface area contributed by atoms with Crippen molar-refractivity contribution in [2.45, 2.75) is 24.5 Å². The minimum atomic E-state index is -0.714. The number of nitrogens with zero attached hydrogens (tertiary/aromatic N) is 2. The summed E-state index contributed by atoms with van der Waals surface area (Å²) in [4.78, 5) is 34.4. The Kier molecular flexibility index (Phi) is 9.49. The Morgan fingerprint density at radius 2 is 1.76 bits per heavy atom. The summed E-state index contributed by atoms with van der Waals surface area (Å²) in [5, 5.41) is 0. The van der Waals surface area contributed by atoms with E-state index in [2.05, 4.69) is 15.9 Å². The zero-order valence-electron chi connectivity index (χ0n) is 24.6. The lowest BCUT2D eigenvalue weighted by Gasteiger charge is -2.26. The van der Waals surface area contributed by atoms with Gasteiger partial charge in [0.2, 0.25) is 0 Å². The van der Waals surface area contributed by atoms with Gasteiger partial charge in [0.05, 0.1) is 28.5 Å². The van der Waals surface area contributed by atoms with Gasteiger partial charge in [0.15, 0.2) is 4.80 Å². The van der Waals surface area contributed by atoms with Crippen LogP contribution >= 0.6 is 39.0 Å². The van der Waals surface area contributed by atoms with Gasteiger partial charge in [-0.05, 0) is 72.3 Å². The summed E-state index contributed by atoms with van der Waals surface area (Å²) in [7, 11) is 0. The highest BCUT2D eigenvalue weighted by molar-refractivity contribution is 9.10. The van der Waals surface area contributed by atoms with E-state index in [9.17, 15) is 9.59 Å². The highest BCUT2D eigenvalue weighted by Gasteiger charge is 2.35. The monoisotopic (exact) mass is 696 g/mol. The molecule has 1 aromatic heterocycles. The Bertz CT molecular complexity index is 2050. The fourth-order valence-electron chi connectivity index (χ4n) is 5.13. The highest BCUT2D eigenvalue weighted by Crippen LogP contribution is 2.35. The molecule has 9 heteroatoms. The van der Waals surface area contributed by atoms with Gasteiger partial charge >= 0.3 is 5.97 Å². The first-order valence-corrected chi connectivity index (χ1v) is 17.2. The molecule has 0 aliphatic carbocycles. The van der Waals surface area contributed by atoms with Crippen molar-refractivity contribution < 1.29 is 14.3 Å². The van der Waals surface area contributed by atoms with Crippen LogP contribution in [-0.2, 0) is 16.1 Å². The molecule has 2 heterocycles. The first-order chi connectivity index (χ1) is 21.9. The predicted octanol–water partition coefficient (Wildman–Crippen LogP) is 7.00. The zero-order valence-corrected chi connectivity index (χ0v) is 27.8. The maximum atomic E-state index is 14.2. The maximum absolute atomic E-state index is 14.2. The van der Waals surface area contributed by atoms with Crippen molar-refractivity contribution in [2.75, 3.05) is 12.9 Å². The lowest BCUT2D eigenvalue weighted by Crippen LogP contribution is -2.40. The molecule has 226 valence electrons. The summed E-state index contributed by atoms with van der Waals surface area (Å²) in [6.07, 6.45) is 3.86. The van der Waals surface area contributed by atoms with Crippen molar-refractivity contribution >= 4 is 56.8 Å². The Balaban J connectivity index is 1.47. The molecule has 0 N–H and O–H groups in total. The van der Waals surface area contributed by atoms with Crippen molar-refractivity contribution in [3.63, 3.8) is 0 Å². The second-order valence-corrected chi connectivity index (χ2v) is 13.0. The first-order valence-electron chi connectivity index (χ1n) is 14.3. The molecular formula is C36H29BrN2O4S2. The summed E-state index contributed by atoms with van der Waals surface area (Å²) in [6, 6.07) is 32.4.